The lowest BCUT2D eigenvalue weighted by Gasteiger charge is -2.28. The van der Waals surface area contributed by atoms with Gasteiger partial charge in [0.05, 0.1) is 0 Å². The minimum Gasteiger partial charge on any atom is -0.384 e. The van der Waals surface area contributed by atoms with Gasteiger partial charge in [-0.25, -0.2) is 9.97 Å². The van der Waals surface area contributed by atoms with Crippen molar-refractivity contribution in [3.63, 3.8) is 0 Å². The normalized spacial score (nSPS) is 19.3. The molecule has 4 heteroatoms. The molecule has 1 fully saturated rings. The second kappa shape index (κ2) is 6.12. The molecular weight excluding hydrogens is 260 g/mol. The van der Waals surface area contributed by atoms with E-state index in [9.17, 15) is 0 Å². The fourth-order valence-corrected chi connectivity index (χ4v) is 2.93. The van der Waals surface area contributed by atoms with Gasteiger partial charge in [-0.1, -0.05) is 43.2 Å². The number of rotatable bonds is 2. The molecule has 1 unspecified atom stereocenters. The summed E-state index contributed by atoms with van der Waals surface area (Å²) in [5.41, 5.74) is 7.02. The van der Waals surface area contributed by atoms with E-state index in [4.69, 9.17) is 10.7 Å². The Hall–Kier alpha value is -2.10. The molecule has 2 N–H and O–H groups in total. The second-order valence-corrected chi connectivity index (χ2v) is 5.73. The first-order valence-corrected chi connectivity index (χ1v) is 7.70. The summed E-state index contributed by atoms with van der Waals surface area (Å²) in [5.74, 6) is 2.20. The van der Waals surface area contributed by atoms with Gasteiger partial charge in [-0.05, 0) is 19.8 Å². The summed E-state index contributed by atoms with van der Waals surface area (Å²) in [5, 5.41) is 0. The van der Waals surface area contributed by atoms with E-state index < -0.39 is 0 Å². The fourth-order valence-electron chi connectivity index (χ4n) is 2.93. The molecule has 2 heterocycles. The van der Waals surface area contributed by atoms with Crippen molar-refractivity contribution in [3.05, 3.63) is 36.4 Å². The van der Waals surface area contributed by atoms with Crippen LogP contribution in [0.2, 0.25) is 0 Å². The first-order valence-electron chi connectivity index (χ1n) is 7.70. The number of nitrogen functional groups attached to an aromatic ring is 1. The van der Waals surface area contributed by atoms with Gasteiger partial charge < -0.3 is 10.6 Å². The van der Waals surface area contributed by atoms with Crippen LogP contribution in [0, 0.1) is 0 Å². The maximum Gasteiger partial charge on any atom is 0.163 e. The van der Waals surface area contributed by atoms with Crippen LogP contribution in [0.4, 0.5) is 11.6 Å². The summed E-state index contributed by atoms with van der Waals surface area (Å²) in [7, 11) is 0. The molecule has 0 bridgehead atoms. The minimum absolute atomic E-state index is 0.505. The topological polar surface area (TPSA) is 55.0 Å². The summed E-state index contributed by atoms with van der Waals surface area (Å²) in [6, 6.07) is 12.4. The average molecular weight is 282 g/mol. The number of aromatic nitrogens is 2. The molecule has 1 aliphatic rings. The van der Waals surface area contributed by atoms with E-state index in [0.717, 1.165) is 17.9 Å². The highest BCUT2D eigenvalue weighted by atomic mass is 15.2. The summed E-state index contributed by atoms with van der Waals surface area (Å²) >= 11 is 0. The van der Waals surface area contributed by atoms with Crippen molar-refractivity contribution in [2.75, 3.05) is 17.2 Å². The van der Waals surface area contributed by atoms with E-state index in [-0.39, 0.29) is 0 Å². The van der Waals surface area contributed by atoms with Crippen molar-refractivity contribution in [1.29, 1.82) is 0 Å². The highest BCUT2D eigenvalue weighted by molar-refractivity contribution is 5.61. The zero-order chi connectivity index (χ0) is 14.7. The maximum atomic E-state index is 6.01. The third-order valence-electron chi connectivity index (χ3n) is 4.11. The molecule has 0 radical (unpaired) electrons. The van der Waals surface area contributed by atoms with E-state index in [2.05, 4.69) is 16.8 Å². The molecule has 21 heavy (non-hydrogen) atoms. The van der Waals surface area contributed by atoms with Gasteiger partial charge in [-0.15, -0.1) is 0 Å². The van der Waals surface area contributed by atoms with Gasteiger partial charge in [-0.2, -0.15) is 0 Å². The van der Waals surface area contributed by atoms with Crippen LogP contribution in [-0.4, -0.2) is 22.6 Å². The number of nitrogens with zero attached hydrogens (tertiary/aromatic N) is 3. The SMILES string of the molecule is CC1CCCCCN1c1cc(N)nc(-c2ccccc2)n1. The standard InChI is InChI=1S/C17H22N4/c1-13-8-4-3-7-11-21(13)16-12-15(18)19-17(20-16)14-9-5-2-6-10-14/h2,5-6,9-10,12-13H,3-4,7-8,11H2,1H3,(H2,18,19,20). The van der Waals surface area contributed by atoms with Crippen LogP contribution in [0.15, 0.2) is 36.4 Å². The predicted molar refractivity (Wildman–Crippen MR) is 87.2 cm³/mol. The van der Waals surface area contributed by atoms with Gasteiger partial charge in [0.25, 0.3) is 0 Å². The van der Waals surface area contributed by atoms with E-state index in [0.29, 0.717) is 17.7 Å². The van der Waals surface area contributed by atoms with Crippen LogP contribution in [-0.2, 0) is 0 Å². The third kappa shape index (κ3) is 3.15. The van der Waals surface area contributed by atoms with Gasteiger partial charge in [0, 0.05) is 24.2 Å². The van der Waals surface area contributed by atoms with E-state index in [1.165, 1.54) is 25.7 Å². The van der Waals surface area contributed by atoms with Crippen LogP contribution >= 0.6 is 0 Å². The summed E-state index contributed by atoms with van der Waals surface area (Å²) in [6.07, 6.45) is 5.02. The lowest BCUT2D eigenvalue weighted by molar-refractivity contribution is 0.611. The Labute approximate surface area is 126 Å². The average Bonchev–Trinajstić information content (AvgIpc) is 2.72. The Morgan fingerprint density at radius 2 is 1.90 bits per heavy atom. The van der Waals surface area contributed by atoms with Gasteiger partial charge in [-0.3, -0.25) is 0 Å². The maximum absolute atomic E-state index is 6.01. The molecule has 2 aromatic rings. The lowest BCUT2D eigenvalue weighted by atomic mass is 10.1. The Morgan fingerprint density at radius 1 is 1.10 bits per heavy atom. The highest BCUT2D eigenvalue weighted by Crippen LogP contribution is 2.26. The Balaban J connectivity index is 1.97. The molecule has 1 atom stereocenters. The van der Waals surface area contributed by atoms with Gasteiger partial charge in [0.2, 0.25) is 0 Å². The third-order valence-corrected chi connectivity index (χ3v) is 4.11. The number of benzene rings is 1. The van der Waals surface area contributed by atoms with Crippen molar-refractivity contribution in [2.45, 2.75) is 38.6 Å². The molecule has 1 aliphatic heterocycles. The van der Waals surface area contributed by atoms with Crippen molar-refractivity contribution in [2.24, 2.45) is 0 Å². The molecule has 110 valence electrons. The summed E-state index contributed by atoms with van der Waals surface area (Å²) < 4.78 is 0. The first kappa shape index (κ1) is 13.9. The van der Waals surface area contributed by atoms with E-state index in [1.54, 1.807) is 0 Å². The van der Waals surface area contributed by atoms with E-state index >= 15 is 0 Å². The number of nitrogens with two attached hydrogens (primary N) is 1. The van der Waals surface area contributed by atoms with Crippen LogP contribution in [0.5, 0.6) is 0 Å². The number of anilines is 2. The monoisotopic (exact) mass is 282 g/mol. The lowest BCUT2D eigenvalue weighted by Crippen LogP contribution is -2.33. The highest BCUT2D eigenvalue weighted by Gasteiger charge is 2.19. The Bertz CT molecular complexity index is 597. The number of hydrogen-bond acceptors (Lipinski definition) is 4. The molecular formula is C17H22N4. The smallest absolute Gasteiger partial charge is 0.163 e. The number of hydrogen-bond donors (Lipinski definition) is 1. The van der Waals surface area contributed by atoms with Gasteiger partial charge >= 0.3 is 0 Å². The fraction of sp³-hybridized carbons (Fsp3) is 0.412. The van der Waals surface area contributed by atoms with Crippen LogP contribution in [0.3, 0.4) is 0 Å². The predicted octanol–water partition coefficient (Wildman–Crippen LogP) is 3.49. The Morgan fingerprint density at radius 3 is 2.71 bits per heavy atom. The molecule has 0 amide bonds. The molecule has 0 saturated carbocycles. The van der Waals surface area contributed by atoms with E-state index in [1.807, 2.05) is 36.4 Å². The quantitative estimate of drug-likeness (QED) is 0.916. The Kier molecular flexibility index (Phi) is 4.04. The molecule has 1 saturated heterocycles. The minimum atomic E-state index is 0.505. The van der Waals surface area contributed by atoms with Crippen LogP contribution in [0.1, 0.15) is 32.6 Å². The van der Waals surface area contributed by atoms with Crippen LogP contribution < -0.4 is 10.6 Å². The molecule has 1 aromatic carbocycles. The van der Waals surface area contributed by atoms with Crippen molar-refractivity contribution in [3.8, 4) is 11.4 Å². The molecule has 0 aliphatic carbocycles. The van der Waals surface area contributed by atoms with Crippen molar-refractivity contribution in [1.82, 2.24) is 9.97 Å². The zero-order valence-electron chi connectivity index (χ0n) is 12.5. The largest absolute Gasteiger partial charge is 0.384 e. The van der Waals surface area contributed by atoms with Crippen LogP contribution in [0.25, 0.3) is 11.4 Å². The van der Waals surface area contributed by atoms with Crippen molar-refractivity contribution >= 4 is 11.6 Å². The molecule has 3 rings (SSSR count). The zero-order valence-corrected chi connectivity index (χ0v) is 12.5. The molecule has 1 aromatic heterocycles. The molecule has 4 nitrogen and oxygen atoms in total. The summed E-state index contributed by atoms with van der Waals surface area (Å²) in [6.45, 7) is 3.32. The van der Waals surface area contributed by atoms with Gasteiger partial charge in [0.15, 0.2) is 5.82 Å². The van der Waals surface area contributed by atoms with Crippen molar-refractivity contribution < 1.29 is 0 Å². The molecule has 0 spiro atoms. The second-order valence-electron chi connectivity index (χ2n) is 5.73. The van der Waals surface area contributed by atoms with Gasteiger partial charge in [0.1, 0.15) is 11.6 Å². The summed E-state index contributed by atoms with van der Waals surface area (Å²) in [4.78, 5) is 11.5. The first-order chi connectivity index (χ1) is 10.2.